The van der Waals surface area contributed by atoms with Crippen molar-refractivity contribution in [2.75, 3.05) is 20.2 Å². The molecule has 1 aliphatic heterocycles. The van der Waals surface area contributed by atoms with Gasteiger partial charge in [-0.05, 0) is 47.9 Å². The maximum absolute atomic E-state index is 13.9. The molecule has 2 N–H and O–H groups in total. The number of aliphatic hydroxyl groups is 1. The van der Waals surface area contributed by atoms with Crippen LogP contribution in [0.1, 0.15) is 78.4 Å². The monoisotopic (exact) mass is 618 g/mol. The van der Waals surface area contributed by atoms with Crippen molar-refractivity contribution in [2.45, 2.75) is 64.6 Å². The Morgan fingerprint density at radius 1 is 1.23 bits per heavy atom. The number of hydrogen-bond acceptors (Lipinski definition) is 9. The maximum Gasteiger partial charge on any atom is 0.272 e. The van der Waals surface area contributed by atoms with Gasteiger partial charge >= 0.3 is 0 Å². The van der Waals surface area contributed by atoms with E-state index in [0.29, 0.717) is 48.6 Å². The molecule has 12 heteroatoms. The fourth-order valence-corrected chi connectivity index (χ4v) is 6.73. The highest BCUT2D eigenvalue weighted by Crippen LogP contribution is 2.37. The number of aryl methyl sites for hydroxylation is 1. The Hall–Kier alpha value is -4.03. The van der Waals surface area contributed by atoms with Gasteiger partial charge in [0.1, 0.15) is 17.4 Å². The normalized spacial score (nSPS) is 19.0. The number of nitrogens with zero attached hydrogens (tertiary/aromatic N) is 5. The van der Waals surface area contributed by atoms with E-state index in [1.807, 2.05) is 31.2 Å². The minimum Gasteiger partial charge on any atom is -0.479 e. The van der Waals surface area contributed by atoms with Gasteiger partial charge in [0.25, 0.3) is 11.8 Å². The fraction of sp³-hybridized carbons (Fsp3) is 0.469. The van der Waals surface area contributed by atoms with Gasteiger partial charge in [-0.1, -0.05) is 38.1 Å². The van der Waals surface area contributed by atoms with Crippen molar-refractivity contribution >= 4 is 23.2 Å². The standard InChI is InChI=1S/C32H38N6O5S/c1-18(2)28(26-12-27(42-4)36-43-26)32(41)38-16-23(39)11-25(38)30-33-13-24(35-30)31(40)37(14-20-5-6-20)15-21-7-9-22(10-8-21)29-19(3)34-17-44-29/h7-10,12-13,17-18,20,23,25,28,39H,5-6,11,14-16H2,1-4H3,(H,33,35)/t23-,25+,28?/m1/s1. The van der Waals surface area contributed by atoms with Crippen LogP contribution in [0.5, 0.6) is 5.88 Å². The summed E-state index contributed by atoms with van der Waals surface area (Å²) in [4.78, 5) is 44.5. The highest BCUT2D eigenvalue weighted by molar-refractivity contribution is 7.13. The number of benzene rings is 1. The summed E-state index contributed by atoms with van der Waals surface area (Å²) in [6.07, 6.45) is 3.38. The number of hydrogen-bond donors (Lipinski definition) is 2. The van der Waals surface area contributed by atoms with Gasteiger partial charge in [0.2, 0.25) is 5.91 Å². The summed E-state index contributed by atoms with van der Waals surface area (Å²) < 4.78 is 10.6. The van der Waals surface area contributed by atoms with Gasteiger partial charge in [-0.2, -0.15) is 0 Å². The molecular weight excluding hydrogens is 580 g/mol. The molecule has 4 aromatic rings. The van der Waals surface area contributed by atoms with Crippen molar-refractivity contribution in [3.8, 4) is 16.3 Å². The molecule has 3 aromatic heterocycles. The average molecular weight is 619 g/mol. The third-order valence-corrected chi connectivity index (χ3v) is 9.43. The zero-order valence-corrected chi connectivity index (χ0v) is 26.2. The molecule has 1 aromatic carbocycles. The number of carbonyl (C=O) groups excluding carboxylic acids is 2. The van der Waals surface area contributed by atoms with E-state index in [0.717, 1.165) is 34.5 Å². The molecule has 44 heavy (non-hydrogen) atoms. The van der Waals surface area contributed by atoms with Crippen LogP contribution in [0.25, 0.3) is 10.4 Å². The summed E-state index contributed by atoms with van der Waals surface area (Å²) in [5.41, 5.74) is 5.39. The second kappa shape index (κ2) is 12.5. The van der Waals surface area contributed by atoms with Crippen molar-refractivity contribution in [3.63, 3.8) is 0 Å². The predicted octanol–water partition coefficient (Wildman–Crippen LogP) is 4.96. The van der Waals surface area contributed by atoms with Crippen molar-refractivity contribution in [1.29, 1.82) is 0 Å². The van der Waals surface area contributed by atoms with Crippen molar-refractivity contribution in [3.05, 3.63) is 70.6 Å². The molecule has 1 saturated carbocycles. The van der Waals surface area contributed by atoms with Crippen LogP contribution in [0.15, 0.2) is 46.6 Å². The van der Waals surface area contributed by atoms with Crippen molar-refractivity contribution in [1.82, 2.24) is 29.9 Å². The van der Waals surface area contributed by atoms with Crippen LogP contribution in [0.3, 0.4) is 0 Å². The topological polar surface area (TPSA) is 138 Å². The van der Waals surface area contributed by atoms with Crippen molar-refractivity contribution < 1.29 is 24.0 Å². The van der Waals surface area contributed by atoms with Gasteiger partial charge < -0.3 is 29.2 Å². The predicted molar refractivity (Wildman–Crippen MR) is 164 cm³/mol. The first-order valence-electron chi connectivity index (χ1n) is 15.0. The number of ether oxygens (including phenoxy) is 1. The van der Waals surface area contributed by atoms with E-state index in [-0.39, 0.29) is 24.3 Å². The Morgan fingerprint density at radius 3 is 2.64 bits per heavy atom. The molecule has 1 saturated heterocycles. The summed E-state index contributed by atoms with van der Waals surface area (Å²) in [5.74, 6) is 0.641. The second-order valence-corrected chi connectivity index (χ2v) is 13.0. The van der Waals surface area contributed by atoms with E-state index in [1.54, 1.807) is 28.5 Å². The first-order chi connectivity index (χ1) is 21.2. The van der Waals surface area contributed by atoms with Crippen LogP contribution in [-0.2, 0) is 11.3 Å². The third kappa shape index (κ3) is 6.27. The highest BCUT2D eigenvalue weighted by atomic mass is 32.1. The number of aromatic amines is 1. The number of β-amino-alcohol motifs (C(OH)–C–C–N with tert-alkyl or cyclic N) is 1. The lowest BCUT2D eigenvalue weighted by molar-refractivity contribution is -0.135. The van der Waals surface area contributed by atoms with Crippen LogP contribution < -0.4 is 4.74 Å². The maximum atomic E-state index is 13.9. The minimum absolute atomic E-state index is 0.0941. The molecule has 1 aliphatic carbocycles. The number of amides is 2. The third-order valence-electron chi connectivity index (χ3n) is 8.46. The first-order valence-corrected chi connectivity index (χ1v) is 15.9. The molecule has 11 nitrogen and oxygen atoms in total. The Balaban J connectivity index is 1.19. The Bertz CT molecular complexity index is 1610. The van der Waals surface area contributed by atoms with E-state index in [4.69, 9.17) is 9.26 Å². The van der Waals surface area contributed by atoms with Crippen LogP contribution >= 0.6 is 11.3 Å². The molecule has 2 aliphatic rings. The van der Waals surface area contributed by atoms with Gasteiger partial charge in [0.15, 0.2) is 5.76 Å². The van der Waals surface area contributed by atoms with Crippen molar-refractivity contribution in [2.24, 2.45) is 11.8 Å². The van der Waals surface area contributed by atoms with Gasteiger partial charge in [-0.25, -0.2) is 9.97 Å². The van der Waals surface area contributed by atoms with Gasteiger partial charge in [-0.15, -0.1) is 11.3 Å². The molecule has 4 heterocycles. The largest absolute Gasteiger partial charge is 0.479 e. The molecule has 2 amide bonds. The lowest BCUT2D eigenvalue weighted by Gasteiger charge is -2.28. The van der Waals surface area contributed by atoms with Crippen LogP contribution in [-0.4, -0.2) is 73.1 Å². The quantitative estimate of drug-likeness (QED) is 0.241. The van der Waals surface area contributed by atoms with Gasteiger partial charge in [-0.3, -0.25) is 9.59 Å². The highest BCUT2D eigenvalue weighted by Gasteiger charge is 2.42. The molecule has 1 unspecified atom stereocenters. The Morgan fingerprint density at radius 2 is 2.00 bits per heavy atom. The molecule has 232 valence electrons. The summed E-state index contributed by atoms with van der Waals surface area (Å²) in [6.45, 7) is 7.19. The number of aliphatic hydroxyl groups excluding tert-OH is 1. The first kappa shape index (κ1) is 30.0. The molecular formula is C32H38N6O5S. The number of imidazole rings is 1. The molecule has 0 bridgehead atoms. The number of methoxy groups -OCH3 is 1. The Labute approximate surface area is 260 Å². The number of thiazole rings is 1. The fourth-order valence-electron chi connectivity index (χ4n) is 5.92. The SMILES string of the molecule is COc1cc(C(C(=O)N2C[C@H](O)C[C@H]2c2ncc(C(=O)N(Cc3ccc(-c4scnc4C)cc3)CC3CC3)[nH]2)C(C)C)on1. The summed E-state index contributed by atoms with van der Waals surface area (Å²) in [5, 5.41) is 14.5. The van der Waals surface area contributed by atoms with Crippen LogP contribution in [0, 0.1) is 18.8 Å². The van der Waals surface area contributed by atoms with Gasteiger partial charge in [0, 0.05) is 32.1 Å². The lowest BCUT2D eigenvalue weighted by Crippen LogP contribution is -2.37. The smallest absolute Gasteiger partial charge is 0.272 e. The summed E-state index contributed by atoms with van der Waals surface area (Å²) in [6, 6.07) is 9.42. The number of likely N-dealkylation sites (tertiary alicyclic amines) is 1. The number of aromatic nitrogens is 4. The van der Waals surface area contributed by atoms with E-state index in [2.05, 4.69) is 44.4 Å². The van der Waals surface area contributed by atoms with E-state index in [1.165, 1.54) is 7.11 Å². The molecule has 2 fully saturated rings. The van der Waals surface area contributed by atoms with Crippen LogP contribution in [0.2, 0.25) is 0 Å². The second-order valence-electron chi connectivity index (χ2n) is 12.2. The van der Waals surface area contributed by atoms with Crippen LogP contribution in [0.4, 0.5) is 0 Å². The molecule has 3 atom stereocenters. The molecule has 0 radical (unpaired) electrons. The number of H-pyrrole nitrogens is 1. The summed E-state index contributed by atoms with van der Waals surface area (Å²) in [7, 11) is 1.49. The van der Waals surface area contributed by atoms with E-state index >= 15 is 0 Å². The Kier molecular flexibility index (Phi) is 8.55. The number of carbonyl (C=O) groups is 2. The lowest BCUT2D eigenvalue weighted by atomic mass is 9.91. The average Bonchev–Trinajstić information content (AvgIpc) is 3.42. The zero-order chi connectivity index (χ0) is 31.0. The summed E-state index contributed by atoms with van der Waals surface area (Å²) >= 11 is 1.62. The molecule has 0 spiro atoms. The molecule has 6 rings (SSSR count). The number of nitrogens with one attached hydrogen (secondary N) is 1. The van der Waals surface area contributed by atoms with E-state index in [9.17, 15) is 14.7 Å². The zero-order valence-electron chi connectivity index (χ0n) is 25.4. The van der Waals surface area contributed by atoms with Gasteiger partial charge in [0.05, 0.1) is 41.5 Å². The number of rotatable bonds is 11. The minimum atomic E-state index is -0.714. The van der Waals surface area contributed by atoms with E-state index < -0.39 is 18.1 Å².